The molecular weight excluding hydrogens is 312 g/mol. The van der Waals surface area contributed by atoms with Crippen LogP contribution in [0.15, 0.2) is 48.5 Å². The molecule has 2 aromatic rings. The summed E-state index contributed by atoms with van der Waals surface area (Å²) in [5.41, 5.74) is 3.22. The number of ether oxygens (including phenoxy) is 2. The van der Waals surface area contributed by atoms with Crippen molar-refractivity contribution in [1.29, 1.82) is 5.26 Å². The van der Waals surface area contributed by atoms with Gasteiger partial charge in [0.2, 0.25) is 0 Å². The summed E-state index contributed by atoms with van der Waals surface area (Å²) >= 11 is 0. The summed E-state index contributed by atoms with van der Waals surface area (Å²) in [5.74, 6) is 3.40. The lowest BCUT2D eigenvalue weighted by Crippen LogP contribution is -2.09. The van der Waals surface area contributed by atoms with Crippen LogP contribution in [0.3, 0.4) is 0 Å². The maximum Gasteiger partial charge on any atom is 0.140 e. The number of allylic oxidation sites excluding steroid dienone is 1. The van der Waals surface area contributed by atoms with Crippen LogP contribution >= 0.6 is 0 Å². The highest BCUT2D eigenvalue weighted by Gasteiger charge is 2.31. The van der Waals surface area contributed by atoms with E-state index in [1.807, 2.05) is 12.1 Å². The van der Waals surface area contributed by atoms with Crippen LogP contribution in [0.5, 0.6) is 17.2 Å². The van der Waals surface area contributed by atoms with E-state index in [1.54, 1.807) is 25.3 Å². The summed E-state index contributed by atoms with van der Waals surface area (Å²) in [6, 6.07) is 15.6. The third kappa shape index (κ3) is 3.11. The van der Waals surface area contributed by atoms with Gasteiger partial charge in [-0.1, -0.05) is 18.2 Å². The average molecular weight is 332 g/mol. The molecule has 1 saturated heterocycles. The quantitative estimate of drug-likeness (QED) is 0.920. The molecule has 0 aromatic heterocycles. The smallest absolute Gasteiger partial charge is 0.140 e. The highest BCUT2D eigenvalue weighted by Crippen LogP contribution is 2.38. The zero-order valence-electron chi connectivity index (χ0n) is 14.2. The number of hydrogen-bond donors (Lipinski definition) is 1. The molecule has 2 aromatic carbocycles. The summed E-state index contributed by atoms with van der Waals surface area (Å²) in [7, 11) is 1.55. The second-order valence-corrected chi connectivity index (χ2v) is 6.58. The molecule has 1 N–H and O–H groups in total. The normalized spacial score (nSPS) is 21.4. The predicted octanol–water partition coefficient (Wildman–Crippen LogP) is 3.98. The number of nitriles is 1. The van der Waals surface area contributed by atoms with Gasteiger partial charge in [-0.05, 0) is 60.2 Å². The molecule has 1 heterocycles. The second kappa shape index (κ2) is 6.62. The summed E-state index contributed by atoms with van der Waals surface area (Å²) in [6.07, 6.45) is 3.58. The fourth-order valence-electron chi connectivity index (χ4n) is 3.70. The Balaban J connectivity index is 1.49. The van der Waals surface area contributed by atoms with Crippen LogP contribution in [0, 0.1) is 23.2 Å². The van der Waals surface area contributed by atoms with Crippen LogP contribution in [0.4, 0.5) is 0 Å². The van der Waals surface area contributed by atoms with Crippen molar-refractivity contribution in [2.45, 2.75) is 6.42 Å². The Morgan fingerprint density at radius 3 is 2.60 bits per heavy atom. The molecule has 0 spiro atoms. The maximum atomic E-state index is 9.04. The minimum Gasteiger partial charge on any atom is -0.495 e. The minimum absolute atomic E-state index is 0.499. The van der Waals surface area contributed by atoms with Gasteiger partial charge in [-0.3, -0.25) is 0 Å². The van der Waals surface area contributed by atoms with Crippen molar-refractivity contribution in [2.75, 3.05) is 20.2 Å². The van der Waals surface area contributed by atoms with Gasteiger partial charge in [-0.25, -0.2) is 0 Å². The van der Waals surface area contributed by atoms with Crippen LogP contribution < -0.4 is 14.8 Å². The van der Waals surface area contributed by atoms with Crippen molar-refractivity contribution in [3.8, 4) is 23.3 Å². The number of hydrogen-bond acceptors (Lipinski definition) is 4. The fraction of sp³-hybridized carbons (Fsp3) is 0.286. The Morgan fingerprint density at radius 2 is 1.88 bits per heavy atom. The first kappa shape index (κ1) is 15.7. The highest BCUT2D eigenvalue weighted by atomic mass is 16.5. The lowest BCUT2D eigenvalue weighted by Gasteiger charge is -2.10. The number of methoxy groups -OCH3 is 1. The van der Waals surface area contributed by atoms with E-state index in [4.69, 9.17) is 14.7 Å². The van der Waals surface area contributed by atoms with Crippen LogP contribution in [-0.4, -0.2) is 20.2 Å². The van der Waals surface area contributed by atoms with Crippen LogP contribution in [0.2, 0.25) is 0 Å². The van der Waals surface area contributed by atoms with Gasteiger partial charge < -0.3 is 14.8 Å². The maximum absolute atomic E-state index is 9.04. The Bertz CT molecular complexity index is 849. The number of nitrogens with zero attached hydrogens (tertiary/aromatic N) is 1. The van der Waals surface area contributed by atoms with Gasteiger partial charge in [0.25, 0.3) is 0 Å². The second-order valence-electron chi connectivity index (χ2n) is 6.58. The lowest BCUT2D eigenvalue weighted by atomic mass is 9.98. The van der Waals surface area contributed by atoms with Crippen molar-refractivity contribution in [2.24, 2.45) is 11.8 Å². The van der Waals surface area contributed by atoms with E-state index in [1.165, 1.54) is 11.1 Å². The lowest BCUT2D eigenvalue weighted by molar-refractivity contribution is 0.407. The first-order chi connectivity index (χ1) is 12.3. The van der Waals surface area contributed by atoms with Gasteiger partial charge >= 0.3 is 0 Å². The largest absolute Gasteiger partial charge is 0.495 e. The molecule has 2 atom stereocenters. The molecule has 1 aliphatic heterocycles. The molecule has 25 heavy (non-hydrogen) atoms. The molecule has 4 heteroatoms. The van der Waals surface area contributed by atoms with E-state index >= 15 is 0 Å². The highest BCUT2D eigenvalue weighted by molar-refractivity contribution is 5.69. The molecule has 2 unspecified atom stereocenters. The molecule has 0 saturated carbocycles. The number of fused-ring (bicyclic) bond motifs is 1. The van der Waals surface area contributed by atoms with Gasteiger partial charge in [-0.15, -0.1) is 0 Å². The standard InChI is InChI=1S/C21H20N2O2/c1-24-21-10-20(7-4-15(21)11-22)25-19-5-2-14(3-6-19)16-8-17-12-23-13-18(17)9-16/h2-8,10,17-18,23H,9,12-13H2,1H3. The SMILES string of the molecule is COc1cc(Oc2ccc(C3=CC4CNCC4C3)cc2)ccc1C#N. The number of rotatable bonds is 4. The van der Waals surface area contributed by atoms with E-state index in [0.717, 1.165) is 31.2 Å². The molecule has 0 bridgehead atoms. The van der Waals surface area contributed by atoms with E-state index in [2.05, 4.69) is 29.6 Å². The summed E-state index contributed by atoms with van der Waals surface area (Å²) in [5, 5.41) is 12.5. The first-order valence-corrected chi connectivity index (χ1v) is 8.54. The zero-order valence-corrected chi connectivity index (χ0v) is 14.2. The monoisotopic (exact) mass is 332 g/mol. The predicted molar refractivity (Wildman–Crippen MR) is 96.7 cm³/mol. The summed E-state index contributed by atoms with van der Waals surface area (Å²) in [6.45, 7) is 2.24. The molecule has 2 aliphatic rings. The van der Waals surface area contributed by atoms with E-state index < -0.39 is 0 Å². The van der Waals surface area contributed by atoms with E-state index in [0.29, 0.717) is 23.0 Å². The van der Waals surface area contributed by atoms with Gasteiger partial charge in [-0.2, -0.15) is 5.26 Å². The summed E-state index contributed by atoms with van der Waals surface area (Å²) < 4.78 is 11.1. The zero-order chi connectivity index (χ0) is 17.2. The van der Waals surface area contributed by atoms with Crippen molar-refractivity contribution in [1.82, 2.24) is 5.32 Å². The van der Waals surface area contributed by atoms with Gasteiger partial charge in [0, 0.05) is 12.6 Å². The van der Waals surface area contributed by atoms with Gasteiger partial charge in [0.05, 0.1) is 12.7 Å². The Kier molecular flexibility index (Phi) is 4.17. The van der Waals surface area contributed by atoms with Crippen LogP contribution in [0.1, 0.15) is 17.5 Å². The van der Waals surface area contributed by atoms with Crippen molar-refractivity contribution >= 4 is 5.57 Å². The van der Waals surface area contributed by atoms with Crippen molar-refractivity contribution in [3.63, 3.8) is 0 Å². The van der Waals surface area contributed by atoms with Crippen LogP contribution in [0.25, 0.3) is 5.57 Å². The molecule has 126 valence electrons. The topological polar surface area (TPSA) is 54.3 Å². The van der Waals surface area contributed by atoms with E-state index in [9.17, 15) is 0 Å². The third-order valence-corrected chi connectivity index (χ3v) is 5.04. The molecule has 4 nitrogen and oxygen atoms in total. The van der Waals surface area contributed by atoms with Gasteiger partial charge in [0.1, 0.15) is 23.3 Å². The molecule has 1 fully saturated rings. The summed E-state index contributed by atoms with van der Waals surface area (Å²) in [4.78, 5) is 0. The Morgan fingerprint density at radius 1 is 1.08 bits per heavy atom. The number of benzene rings is 2. The van der Waals surface area contributed by atoms with Crippen LogP contribution in [-0.2, 0) is 0 Å². The molecule has 4 rings (SSSR count). The number of nitrogens with one attached hydrogen (secondary N) is 1. The fourth-order valence-corrected chi connectivity index (χ4v) is 3.70. The molecule has 0 radical (unpaired) electrons. The third-order valence-electron chi connectivity index (χ3n) is 5.04. The first-order valence-electron chi connectivity index (χ1n) is 8.54. The molecule has 0 amide bonds. The van der Waals surface area contributed by atoms with Crippen molar-refractivity contribution in [3.05, 3.63) is 59.7 Å². The average Bonchev–Trinajstić information content (AvgIpc) is 3.24. The minimum atomic E-state index is 0.499. The van der Waals surface area contributed by atoms with E-state index in [-0.39, 0.29) is 0 Å². The molecule has 1 aliphatic carbocycles. The Hall–Kier alpha value is -2.77. The van der Waals surface area contributed by atoms with Gasteiger partial charge in [0.15, 0.2) is 0 Å². The van der Waals surface area contributed by atoms with Crippen molar-refractivity contribution < 1.29 is 9.47 Å². The molecular formula is C21H20N2O2. The Labute approximate surface area is 147 Å².